The smallest absolute Gasteiger partial charge is 0.337 e. The highest BCUT2D eigenvalue weighted by atomic mass is 16.4. The van der Waals surface area contributed by atoms with Crippen LogP contribution in [0.15, 0.2) is 36.9 Å². The van der Waals surface area contributed by atoms with Crippen LogP contribution < -0.4 is 5.32 Å². The summed E-state index contributed by atoms with van der Waals surface area (Å²) in [5, 5.41) is 11.9. The maximum Gasteiger partial charge on any atom is 0.337 e. The molecule has 0 aliphatic carbocycles. The Labute approximate surface area is 83.1 Å². The zero-order chi connectivity index (χ0) is 10.4. The van der Waals surface area contributed by atoms with Crippen molar-refractivity contribution in [3.05, 3.63) is 42.5 Å². The van der Waals surface area contributed by atoms with Gasteiger partial charge in [0.2, 0.25) is 0 Å². The van der Waals surface area contributed by atoms with Crippen molar-refractivity contribution in [3.63, 3.8) is 0 Å². The van der Waals surface area contributed by atoms with Crippen LogP contribution >= 0.6 is 0 Å². The molecule has 0 unspecified atom stereocenters. The molecule has 2 N–H and O–H groups in total. The molecule has 0 bridgehead atoms. The van der Waals surface area contributed by atoms with Gasteiger partial charge in [-0.15, -0.1) is 6.58 Å². The van der Waals surface area contributed by atoms with Gasteiger partial charge in [-0.3, -0.25) is 0 Å². The molecule has 74 valence electrons. The molecule has 3 heteroatoms. The zero-order valence-corrected chi connectivity index (χ0v) is 7.86. The summed E-state index contributed by atoms with van der Waals surface area (Å²) in [6.45, 7) is 4.30. The first kappa shape index (κ1) is 10.3. The topological polar surface area (TPSA) is 49.3 Å². The second-order valence-corrected chi connectivity index (χ2v) is 2.85. The first-order valence-corrected chi connectivity index (χ1v) is 4.43. The average molecular weight is 191 g/mol. The third-order valence-electron chi connectivity index (χ3n) is 1.82. The number of rotatable bonds is 5. The Morgan fingerprint density at radius 3 is 2.86 bits per heavy atom. The number of aromatic carboxylic acids is 1. The molecule has 0 saturated heterocycles. The molecule has 3 nitrogen and oxygen atoms in total. The fourth-order valence-corrected chi connectivity index (χ4v) is 1.13. The number of anilines is 1. The van der Waals surface area contributed by atoms with Crippen molar-refractivity contribution < 1.29 is 9.90 Å². The summed E-state index contributed by atoms with van der Waals surface area (Å²) < 4.78 is 0. The maximum atomic E-state index is 10.8. The van der Waals surface area contributed by atoms with Crippen molar-refractivity contribution in [3.8, 4) is 0 Å². The van der Waals surface area contributed by atoms with Gasteiger partial charge < -0.3 is 10.4 Å². The van der Waals surface area contributed by atoms with Crippen molar-refractivity contribution in [2.75, 3.05) is 11.9 Å². The van der Waals surface area contributed by atoms with Gasteiger partial charge in [-0.2, -0.15) is 0 Å². The number of carbonyl (C=O) groups is 1. The minimum atomic E-state index is -0.910. The predicted octanol–water partition coefficient (Wildman–Crippen LogP) is 2.37. The molecule has 0 fully saturated rings. The second-order valence-electron chi connectivity index (χ2n) is 2.85. The Morgan fingerprint density at radius 2 is 2.21 bits per heavy atom. The van der Waals surface area contributed by atoms with Gasteiger partial charge in [0.1, 0.15) is 0 Å². The van der Waals surface area contributed by atoms with Crippen LogP contribution in [0.1, 0.15) is 16.8 Å². The standard InChI is InChI=1S/C11H13NO2/c1-2-3-8-12-10-7-5-4-6-9(10)11(13)14/h2,4-7,12H,1,3,8H2,(H,13,14). The van der Waals surface area contributed by atoms with Crippen LogP contribution in [-0.2, 0) is 0 Å². The number of para-hydroxylation sites is 1. The molecule has 1 rings (SSSR count). The number of nitrogens with one attached hydrogen (secondary N) is 1. The van der Waals surface area contributed by atoms with Crippen LogP contribution in [-0.4, -0.2) is 17.6 Å². The van der Waals surface area contributed by atoms with Gasteiger partial charge in [-0.05, 0) is 18.6 Å². The zero-order valence-electron chi connectivity index (χ0n) is 7.86. The average Bonchev–Trinajstić information content (AvgIpc) is 2.19. The molecule has 0 aliphatic rings. The van der Waals surface area contributed by atoms with E-state index in [0.29, 0.717) is 17.8 Å². The van der Waals surface area contributed by atoms with E-state index < -0.39 is 5.97 Å². The van der Waals surface area contributed by atoms with Gasteiger partial charge in [-0.1, -0.05) is 18.2 Å². The highest BCUT2D eigenvalue weighted by Crippen LogP contribution is 2.14. The van der Waals surface area contributed by atoms with E-state index in [9.17, 15) is 4.79 Å². The van der Waals surface area contributed by atoms with Crippen LogP contribution in [0.25, 0.3) is 0 Å². The van der Waals surface area contributed by atoms with E-state index >= 15 is 0 Å². The minimum Gasteiger partial charge on any atom is -0.478 e. The fraction of sp³-hybridized carbons (Fsp3) is 0.182. The predicted molar refractivity (Wildman–Crippen MR) is 56.7 cm³/mol. The molecule has 1 aromatic rings. The SMILES string of the molecule is C=CCCNc1ccccc1C(=O)O. The summed E-state index contributed by atoms with van der Waals surface area (Å²) in [5.41, 5.74) is 0.957. The van der Waals surface area contributed by atoms with Gasteiger partial charge in [-0.25, -0.2) is 4.79 Å². The summed E-state index contributed by atoms with van der Waals surface area (Å²) in [7, 11) is 0. The van der Waals surface area contributed by atoms with Gasteiger partial charge in [0.25, 0.3) is 0 Å². The monoisotopic (exact) mass is 191 g/mol. The van der Waals surface area contributed by atoms with Crippen molar-refractivity contribution in [1.82, 2.24) is 0 Å². The molecular formula is C11H13NO2. The Bertz CT molecular complexity index is 334. The first-order valence-electron chi connectivity index (χ1n) is 4.43. The lowest BCUT2D eigenvalue weighted by atomic mass is 10.2. The second kappa shape index (κ2) is 5.07. The molecule has 0 aromatic heterocycles. The lowest BCUT2D eigenvalue weighted by Crippen LogP contribution is -2.06. The molecule has 0 aliphatic heterocycles. The molecule has 14 heavy (non-hydrogen) atoms. The minimum absolute atomic E-state index is 0.302. The fourth-order valence-electron chi connectivity index (χ4n) is 1.13. The largest absolute Gasteiger partial charge is 0.478 e. The summed E-state index contributed by atoms with van der Waals surface area (Å²) >= 11 is 0. The van der Waals surface area contributed by atoms with Gasteiger partial charge in [0.05, 0.1) is 5.56 Å². The van der Waals surface area contributed by atoms with Crippen LogP contribution in [0.4, 0.5) is 5.69 Å². The lowest BCUT2D eigenvalue weighted by Gasteiger charge is -2.07. The van der Waals surface area contributed by atoms with E-state index in [0.717, 1.165) is 6.42 Å². The normalized spacial score (nSPS) is 9.43. The highest BCUT2D eigenvalue weighted by Gasteiger charge is 2.07. The van der Waals surface area contributed by atoms with Gasteiger partial charge >= 0.3 is 5.97 Å². The number of carboxylic acids is 1. The van der Waals surface area contributed by atoms with Crippen molar-refractivity contribution in [2.24, 2.45) is 0 Å². The van der Waals surface area contributed by atoms with E-state index in [1.165, 1.54) is 0 Å². The Balaban J connectivity index is 2.74. The van der Waals surface area contributed by atoms with Crippen molar-refractivity contribution in [1.29, 1.82) is 0 Å². The third kappa shape index (κ3) is 2.62. The van der Waals surface area contributed by atoms with Gasteiger partial charge in [0, 0.05) is 12.2 Å². The van der Waals surface area contributed by atoms with E-state index in [4.69, 9.17) is 5.11 Å². The molecule has 0 atom stereocenters. The Morgan fingerprint density at radius 1 is 1.50 bits per heavy atom. The highest BCUT2D eigenvalue weighted by molar-refractivity contribution is 5.94. The first-order chi connectivity index (χ1) is 6.75. The summed E-state index contributed by atoms with van der Waals surface area (Å²) in [6.07, 6.45) is 2.60. The van der Waals surface area contributed by atoms with E-state index in [-0.39, 0.29) is 0 Å². The van der Waals surface area contributed by atoms with Crippen LogP contribution in [0.2, 0.25) is 0 Å². The van der Waals surface area contributed by atoms with Crippen LogP contribution in [0, 0.1) is 0 Å². The number of hydrogen-bond donors (Lipinski definition) is 2. The van der Waals surface area contributed by atoms with E-state index in [2.05, 4.69) is 11.9 Å². The Hall–Kier alpha value is -1.77. The molecular weight excluding hydrogens is 178 g/mol. The van der Waals surface area contributed by atoms with Gasteiger partial charge in [0.15, 0.2) is 0 Å². The van der Waals surface area contributed by atoms with Crippen molar-refractivity contribution in [2.45, 2.75) is 6.42 Å². The summed E-state index contributed by atoms with van der Waals surface area (Å²) in [5.74, 6) is -0.910. The molecule has 0 radical (unpaired) electrons. The van der Waals surface area contributed by atoms with Crippen LogP contribution in [0.5, 0.6) is 0 Å². The number of benzene rings is 1. The molecule has 0 amide bonds. The maximum absolute atomic E-state index is 10.8. The van der Waals surface area contributed by atoms with E-state index in [1.807, 2.05) is 6.07 Å². The molecule has 1 aromatic carbocycles. The van der Waals surface area contributed by atoms with Crippen LogP contribution in [0.3, 0.4) is 0 Å². The third-order valence-corrected chi connectivity index (χ3v) is 1.82. The van der Waals surface area contributed by atoms with Crippen molar-refractivity contribution >= 4 is 11.7 Å². The number of carboxylic acid groups (broad SMARTS) is 1. The van der Waals surface area contributed by atoms with E-state index in [1.54, 1.807) is 24.3 Å². The lowest BCUT2D eigenvalue weighted by molar-refractivity contribution is 0.0698. The Kier molecular flexibility index (Phi) is 3.73. The summed E-state index contributed by atoms with van der Waals surface area (Å²) in [6, 6.07) is 6.86. The molecule has 0 saturated carbocycles. The number of hydrogen-bond acceptors (Lipinski definition) is 2. The molecule has 0 spiro atoms. The quantitative estimate of drug-likeness (QED) is 0.555. The summed E-state index contributed by atoms with van der Waals surface area (Å²) in [4.78, 5) is 10.8. The molecule has 0 heterocycles.